The molecule has 0 saturated heterocycles. The Morgan fingerprint density at radius 2 is 2.00 bits per heavy atom. The van der Waals surface area contributed by atoms with Gasteiger partial charge >= 0.3 is 0 Å². The molecule has 2 aromatic rings. The summed E-state index contributed by atoms with van der Waals surface area (Å²) in [5, 5.41) is 0. The molecule has 0 fully saturated rings. The van der Waals surface area contributed by atoms with Crippen molar-refractivity contribution in [2.45, 2.75) is 22.3 Å². The summed E-state index contributed by atoms with van der Waals surface area (Å²) in [6.07, 6.45) is 2.03. The molecule has 0 aromatic heterocycles. The Hall–Kier alpha value is -0.840. The average Bonchev–Trinajstić information content (AvgIpc) is 2.52. The van der Waals surface area contributed by atoms with E-state index in [1.54, 1.807) is 24.1 Å². The van der Waals surface area contributed by atoms with Crippen molar-refractivity contribution in [2.75, 3.05) is 10.2 Å². The van der Waals surface area contributed by atoms with Gasteiger partial charge in [-0.15, -0.1) is 23.4 Å². The molecular weight excluding hydrogens is 325 g/mol. The third-order valence-electron chi connectivity index (χ3n) is 3.18. The van der Waals surface area contributed by atoms with Crippen molar-refractivity contribution < 1.29 is 4.39 Å². The molecule has 110 valence electrons. The van der Waals surface area contributed by atoms with Gasteiger partial charge < -0.3 is 0 Å². The van der Waals surface area contributed by atoms with Crippen LogP contribution in [0.1, 0.15) is 12.8 Å². The van der Waals surface area contributed by atoms with E-state index in [-0.39, 0.29) is 5.82 Å². The van der Waals surface area contributed by atoms with Gasteiger partial charge in [0.15, 0.2) is 0 Å². The second-order valence-corrected chi connectivity index (χ2v) is 7.79. The van der Waals surface area contributed by atoms with E-state index >= 15 is 0 Å². The Balaban J connectivity index is 1.94. The first-order valence-electron chi connectivity index (χ1n) is 6.82. The molecule has 3 rings (SSSR count). The standard InChI is InChI=1S/C16H15ClFNS2/c17-10-4-9-16-20-15-8-2-1-7-14(15)19(21-16)13-6-3-5-12(18)11-13/h1-3,5-8,11,16H,4,9-10H2. The Bertz CT molecular complexity index is 623. The summed E-state index contributed by atoms with van der Waals surface area (Å²) in [4.78, 5) is 1.24. The van der Waals surface area contributed by atoms with Crippen LogP contribution in [0.5, 0.6) is 0 Å². The molecule has 0 aliphatic carbocycles. The molecule has 0 bridgehead atoms. The fourth-order valence-electron chi connectivity index (χ4n) is 2.22. The first-order valence-corrected chi connectivity index (χ1v) is 9.07. The van der Waals surface area contributed by atoms with Gasteiger partial charge in [-0.1, -0.05) is 18.2 Å². The molecule has 1 nitrogen and oxygen atoms in total. The summed E-state index contributed by atoms with van der Waals surface area (Å²) in [7, 11) is 0. The summed E-state index contributed by atoms with van der Waals surface area (Å²) in [5.74, 6) is 0.472. The Kier molecular flexibility index (Phi) is 4.99. The van der Waals surface area contributed by atoms with Crippen LogP contribution in [0.4, 0.5) is 15.8 Å². The number of benzene rings is 2. The van der Waals surface area contributed by atoms with Crippen LogP contribution in [0.3, 0.4) is 0 Å². The number of nitrogens with zero attached hydrogens (tertiary/aromatic N) is 1. The molecule has 0 spiro atoms. The molecule has 0 saturated carbocycles. The predicted octanol–water partition coefficient (Wildman–Crippen LogP) is 6.06. The first kappa shape index (κ1) is 15.1. The normalized spacial score (nSPS) is 17.6. The maximum absolute atomic E-state index is 13.5. The fraction of sp³-hybridized carbons (Fsp3) is 0.250. The van der Waals surface area contributed by atoms with Gasteiger partial charge in [0.25, 0.3) is 0 Å². The Morgan fingerprint density at radius 1 is 1.14 bits per heavy atom. The lowest BCUT2D eigenvalue weighted by Crippen LogP contribution is -2.18. The highest BCUT2D eigenvalue weighted by Gasteiger charge is 2.26. The number of rotatable bonds is 4. The highest BCUT2D eigenvalue weighted by molar-refractivity contribution is 8.18. The number of anilines is 2. The van der Waals surface area contributed by atoms with Crippen molar-refractivity contribution in [1.29, 1.82) is 0 Å². The molecule has 0 amide bonds. The van der Waals surface area contributed by atoms with Crippen LogP contribution < -0.4 is 4.31 Å². The summed E-state index contributed by atoms with van der Waals surface area (Å²) in [6, 6.07) is 15.0. The maximum Gasteiger partial charge on any atom is 0.125 e. The zero-order chi connectivity index (χ0) is 14.7. The molecule has 1 atom stereocenters. The van der Waals surface area contributed by atoms with Crippen molar-refractivity contribution in [3.63, 3.8) is 0 Å². The second kappa shape index (κ2) is 6.95. The van der Waals surface area contributed by atoms with E-state index in [0.717, 1.165) is 24.2 Å². The van der Waals surface area contributed by atoms with Crippen molar-refractivity contribution in [3.8, 4) is 0 Å². The van der Waals surface area contributed by atoms with Gasteiger partial charge in [-0.2, -0.15) is 0 Å². The quantitative estimate of drug-likeness (QED) is 0.492. The molecule has 1 aliphatic heterocycles. The number of hydrogen-bond donors (Lipinski definition) is 0. The number of para-hydroxylation sites is 1. The minimum Gasteiger partial charge on any atom is -0.282 e. The summed E-state index contributed by atoms with van der Waals surface area (Å²) < 4.78 is 16.1. The van der Waals surface area contributed by atoms with Crippen LogP contribution in [0, 0.1) is 5.82 Å². The van der Waals surface area contributed by atoms with Crippen molar-refractivity contribution in [1.82, 2.24) is 0 Å². The van der Waals surface area contributed by atoms with E-state index in [1.807, 2.05) is 30.0 Å². The minimum absolute atomic E-state index is 0.207. The van der Waals surface area contributed by atoms with E-state index < -0.39 is 0 Å². The molecule has 5 heteroatoms. The number of fused-ring (bicyclic) bond motifs is 1. The molecule has 1 heterocycles. The highest BCUT2D eigenvalue weighted by Crippen LogP contribution is 2.50. The van der Waals surface area contributed by atoms with Gasteiger partial charge in [-0.3, -0.25) is 4.31 Å². The number of halogens is 2. The van der Waals surface area contributed by atoms with Gasteiger partial charge in [0.2, 0.25) is 0 Å². The lowest BCUT2D eigenvalue weighted by atomic mass is 10.2. The van der Waals surface area contributed by atoms with Crippen LogP contribution in [0.2, 0.25) is 0 Å². The van der Waals surface area contributed by atoms with E-state index in [0.29, 0.717) is 10.5 Å². The lowest BCUT2D eigenvalue weighted by Gasteiger charge is -2.34. The Morgan fingerprint density at radius 3 is 2.81 bits per heavy atom. The molecule has 0 N–H and O–H groups in total. The van der Waals surface area contributed by atoms with Gasteiger partial charge in [0, 0.05) is 10.8 Å². The van der Waals surface area contributed by atoms with Crippen LogP contribution >= 0.6 is 35.3 Å². The van der Waals surface area contributed by atoms with Crippen LogP contribution in [0.15, 0.2) is 53.4 Å². The number of hydrogen-bond acceptors (Lipinski definition) is 3. The average molecular weight is 340 g/mol. The van der Waals surface area contributed by atoms with E-state index in [4.69, 9.17) is 11.6 Å². The first-order chi connectivity index (χ1) is 10.3. The zero-order valence-corrected chi connectivity index (χ0v) is 13.7. The third kappa shape index (κ3) is 3.50. The fourth-order valence-corrected chi connectivity index (χ4v) is 5.19. The second-order valence-electron chi connectivity index (χ2n) is 4.73. The number of alkyl halides is 1. The van der Waals surface area contributed by atoms with E-state index in [2.05, 4.69) is 16.4 Å². The summed E-state index contributed by atoms with van der Waals surface area (Å²) >= 11 is 9.43. The summed E-state index contributed by atoms with van der Waals surface area (Å²) in [6.45, 7) is 0. The van der Waals surface area contributed by atoms with Gasteiger partial charge in [-0.05, 0) is 55.1 Å². The lowest BCUT2D eigenvalue weighted by molar-refractivity contribution is 0.628. The van der Waals surface area contributed by atoms with E-state index in [1.165, 1.54) is 11.0 Å². The van der Waals surface area contributed by atoms with Crippen LogP contribution in [-0.2, 0) is 0 Å². The van der Waals surface area contributed by atoms with Gasteiger partial charge in [0.05, 0.1) is 16.0 Å². The highest BCUT2D eigenvalue weighted by atomic mass is 35.5. The van der Waals surface area contributed by atoms with Crippen molar-refractivity contribution >= 4 is 46.7 Å². The van der Waals surface area contributed by atoms with Crippen molar-refractivity contribution in [2.24, 2.45) is 0 Å². The minimum atomic E-state index is -0.207. The molecular formula is C16H15ClFNS2. The summed E-state index contributed by atoms with van der Waals surface area (Å²) in [5.41, 5.74) is 2.00. The van der Waals surface area contributed by atoms with Crippen molar-refractivity contribution in [3.05, 3.63) is 54.3 Å². The molecule has 2 aromatic carbocycles. The van der Waals surface area contributed by atoms with Gasteiger partial charge in [-0.25, -0.2) is 4.39 Å². The molecule has 0 radical (unpaired) electrons. The Labute approximate surface area is 138 Å². The molecule has 1 aliphatic rings. The third-order valence-corrected chi connectivity index (χ3v) is 6.18. The van der Waals surface area contributed by atoms with Crippen LogP contribution in [-0.4, -0.2) is 10.5 Å². The number of thioether (sulfide) groups is 1. The smallest absolute Gasteiger partial charge is 0.125 e. The SMILES string of the molecule is Fc1cccc(N2SC(CCCCl)Sc3ccccc32)c1. The molecule has 21 heavy (non-hydrogen) atoms. The topological polar surface area (TPSA) is 3.24 Å². The maximum atomic E-state index is 13.5. The largest absolute Gasteiger partial charge is 0.282 e. The predicted molar refractivity (Wildman–Crippen MR) is 92.2 cm³/mol. The van der Waals surface area contributed by atoms with Crippen LogP contribution in [0.25, 0.3) is 0 Å². The zero-order valence-electron chi connectivity index (χ0n) is 11.3. The van der Waals surface area contributed by atoms with E-state index in [9.17, 15) is 4.39 Å². The van der Waals surface area contributed by atoms with Gasteiger partial charge in [0.1, 0.15) is 5.82 Å². The monoisotopic (exact) mass is 339 g/mol. The molecule has 1 unspecified atom stereocenters.